The predicted molar refractivity (Wildman–Crippen MR) is 90.3 cm³/mol. The lowest BCUT2D eigenvalue weighted by Gasteiger charge is -2.34. The number of amides is 1. The van der Waals surface area contributed by atoms with Crippen LogP contribution in [0.2, 0.25) is 10.6 Å². The summed E-state index contributed by atoms with van der Waals surface area (Å²) >= 11 is 11.6. The zero-order valence-corrected chi connectivity index (χ0v) is 14.2. The fourth-order valence-corrected chi connectivity index (χ4v) is 2.71. The fourth-order valence-electron chi connectivity index (χ4n) is 2.36. The number of ether oxygens (including phenoxy) is 1. The lowest BCUT2D eigenvalue weighted by molar-refractivity contribution is 0.0940. The molecule has 7 nitrogen and oxygen atoms in total. The molecule has 1 aromatic carbocycles. The largest absolute Gasteiger partial charge is 0.445 e. The Balaban J connectivity index is 1.52. The molecule has 1 aliphatic heterocycles. The molecular formula is C15H15Cl2N5O2. The maximum absolute atomic E-state index is 12.1. The van der Waals surface area contributed by atoms with Gasteiger partial charge in [0.05, 0.1) is 0 Å². The van der Waals surface area contributed by atoms with Gasteiger partial charge in [-0.05, 0) is 28.8 Å². The van der Waals surface area contributed by atoms with Gasteiger partial charge in [-0.1, -0.05) is 30.3 Å². The summed E-state index contributed by atoms with van der Waals surface area (Å²) in [6, 6.07) is 9.57. The third-order valence-electron chi connectivity index (χ3n) is 3.59. The van der Waals surface area contributed by atoms with Crippen molar-refractivity contribution in [1.29, 1.82) is 0 Å². The highest BCUT2D eigenvalue weighted by atomic mass is 35.5. The van der Waals surface area contributed by atoms with E-state index in [1.807, 2.05) is 35.2 Å². The summed E-state index contributed by atoms with van der Waals surface area (Å²) in [5.41, 5.74) is 0.957. The van der Waals surface area contributed by atoms with Crippen LogP contribution in [0.4, 0.5) is 10.7 Å². The van der Waals surface area contributed by atoms with E-state index in [1.165, 1.54) is 0 Å². The average molecular weight is 368 g/mol. The number of anilines is 1. The van der Waals surface area contributed by atoms with Crippen LogP contribution in [0, 0.1) is 0 Å². The van der Waals surface area contributed by atoms with Crippen LogP contribution < -0.4 is 4.90 Å². The maximum atomic E-state index is 12.1. The average Bonchev–Trinajstić information content (AvgIpc) is 2.60. The van der Waals surface area contributed by atoms with Crippen LogP contribution in [0.25, 0.3) is 0 Å². The summed E-state index contributed by atoms with van der Waals surface area (Å²) < 4.78 is 5.33. The van der Waals surface area contributed by atoms with E-state index in [-0.39, 0.29) is 23.3 Å². The van der Waals surface area contributed by atoms with Gasteiger partial charge in [-0.15, -0.1) is 0 Å². The molecule has 0 radical (unpaired) electrons. The van der Waals surface area contributed by atoms with Gasteiger partial charge in [-0.3, -0.25) is 0 Å². The van der Waals surface area contributed by atoms with Crippen molar-refractivity contribution < 1.29 is 9.53 Å². The molecular weight excluding hydrogens is 353 g/mol. The zero-order chi connectivity index (χ0) is 16.9. The summed E-state index contributed by atoms with van der Waals surface area (Å²) in [5.74, 6) is 0.414. The fraction of sp³-hybridized carbons (Fsp3) is 0.333. The van der Waals surface area contributed by atoms with Gasteiger partial charge in [-0.25, -0.2) is 4.79 Å². The van der Waals surface area contributed by atoms with Gasteiger partial charge in [-0.2, -0.15) is 15.0 Å². The van der Waals surface area contributed by atoms with E-state index in [0.717, 1.165) is 5.56 Å². The van der Waals surface area contributed by atoms with Gasteiger partial charge < -0.3 is 14.5 Å². The molecule has 2 heterocycles. The van der Waals surface area contributed by atoms with E-state index in [2.05, 4.69) is 15.0 Å². The van der Waals surface area contributed by atoms with Crippen molar-refractivity contribution in [2.45, 2.75) is 6.61 Å². The van der Waals surface area contributed by atoms with E-state index in [9.17, 15) is 4.79 Å². The van der Waals surface area contributed by atoms with E-state index < -0.39 is 0 Å². The molecule has 1 amide bonds. The Hall–Kier alpha value is -2.12. The van der Waals surface area contributed by atoms with Crippen molar-refractivity contribution in [2.75, 3.05) is 31.1 Å². The third kappa shape index (κ3) is 4.24. The Morgan fingerprint density at radius 1 is 1.00 bits per heavy atom. The standard InChI is InChI=1S/C15H15Cl2N5O2/c16-12-18-13(17)20-14(19-12)21-6-8-22(9-7-21)15(23)24-10-11-4-2-1-3-5-11/h1-5H,6-10H2. The molecule has 0 atom stereocenters. The number of nitrogens with zero attached hydrogens (tertiary/aromatic N) is 5. The number of halogens is 2. The third-order valence-corrected chi connectivity index (χ3v) is 3.93. The summed E-state index contributed by atoms with van der Waals surface area (Å²) in [4.78, 5) is 27.5. The zero-order valence-electron chi connectivity index (χ0n) is 12.7. The molecule has 1 aromatic heterocycles. The summed E-state index contributed by atoms with van der Waals surface area (Å²) in [5, 5.41) is 0.101. The van der Waals surface area contributed by atoms with Crippen molar-refractivity contribution in [1.82, 2.24) is 19.9 Å². The highest BCUT2D eigenvalue weighted by molar-refractivity contribution is 6.31. The molecule has 1 aliphatic rings. The number of hydrogen-bond donors (Lipinski definition) is 0. The summed E-state index contributed by atoms with van der Waals surface area (Å²) in [6.07, 6.45) is -0.329. The summed E-state index contributed by atoms with van der Waals surface area (Å²) in [6.45, 7) is 2.41. The van der Waals surface area contributed by atoms with Gasteiger partial charge in [0.1, 0.15) is 6.61 Å². The van der Waals surface area contributed by atoms with E-state index >= 15 is 0 Å². The molecule has 24 heavy (non-hydrogen) atoms. The van der Waals surface area contributed by atoms with Crippen molar-refractivity contribution in [3.8, 4) is 0 Å². The Morgan fingerprint density at radius 3 is 2.25 bits per heavy atom. The molecule has 0 saturated carbocycles. The minimum atomic E-state index is -0.329. The molecule has 1 saturated heterocycles. The van der Waals surface area contributed by atoms with Crippen molar-refractivity contribution in [3.63, 3.8) is 0 Å². The van der Waals surface area contributed by atoms with Gasteiger partial charge in [0.2, 0.25) is 16.5 Å². The van der Waals surface area contributed by atoms with Crippen molar-refractivity contribution in [2.24, 2.45) is 0 Å². The first-order valence-corrected chi connectivity index (χ1v) is 8.15. The van der Waals surface area contributed by atoms with Crippen LogP contribution in [0.15, 0.2) is 30.3 Å². The second-order valence-corrected chi connectivity index (χ2v) is 5.86. The van der Waals surface area contributed by atoms with E-state index in [1.54, 1.807) is 4.90 Å². The molecule has 0 bridgehead atoms. The Kier molecular flexibility index (Phi) is 5.32. The van der Waals surface area contributed by atoms with Crippen molar-refractivity contribution >= 4 is 35.2 Å². The Morgan fingerprint density at radius 2 is 1.62 bits per heavy atom. The molecule has 2 aromatic rings. The predicted octanol–water partition coefficient (Wildman–Crippen LogP) is 2.64. The first kappa shape index (κ1) is 16.7. The Bertz CT molecular complexity index is 688. The molecule has 0 unspecified atom stereocenters. The topological polar surface area (TPSA) is 71.5 Å². The quantitative estimate of drug-likeness (QED) is 0.830. The monoisotopic (exact) mass is 367 g/mol. The van der Waals surface area contributed by atoms with E-state index in [0.29, 0.717) is 32.1 Å². The number of piperazine rings is 1. The molecule has 9 heteroatoms. The van der Waals surface area contributed by atoms with Crippen LogP contribution in [-0.2, 0) is 11.3 Å². The van der Waals surface area contributed by atoms with Crippen LogP contribution in [-0.4, -0.2) is 52.1 Å². The highest BCUT2D eigenvalue weighted by Gasteiger charge is 2.24. The number of carbonyl (C=O) groups excluding carboxylic acids is 1. The molecule has 1 fully saturated rings. The minimum Gasteiger partial charge on any atom is -0.445 e. The molecule has 126 valence electrons. The van der Waals surface area contributed by atoms with Crippen LogP contribution in [0.5, 0.6) is 0 Å². The highest BCUT2D eigenvalue weighted by Crippen LogP contribution is 2.16. The molecule has 0 aliphatic carbocycles. The van der Waals surface area contributed by atoms with Gasteiger partial charge in [0.25, 0.3) is 0 Å². The number of benzene rings is 1. The van der Waals surface area contributed by atoms with Crippen LogP contribution in [0.3, 0.4) is 0 Å². The SMILES string of the molecule is O=C(OCc1ccccc1)N1CCN(c2nc(Cl)nc(Cl)n2)CC1. The van der Waals surface area contributed by atoms with Crippen LogP contribution >= 0.6 is 23.2 Å². The Labute approximate surface area is 149 Å². The summed E-state index contributed by atoms with van der Waals surface area (Å²) in [7, 11) is 0. The first-order valence-electron chi connectivity index (χ1n) is 7.39. The number of rotatable bonds is 3. The van der Waals surface area contributed by atoms with Gasteiger partial charge in [0, 0.05) is 26.2 Å². The number of carbonyl (C=O) groups is 1. The minimum absolute atomic E-state index is 0.0506. The lowest BCUT2D eigenvalue weighted by atomic mass is 10.2. The molecule has 3 rings (SSSR count). The first-order chi connectivity index (χ1) is 11.6. The molecule has 0 N–H and O–H groups in total. The second kappa shape index (κ2) is 7.63. The van der Waals surface area contributed by atoms with E-state index in [4.69, 9.17) is 27.9 Å². The lowest BCUT2D eigenvalue weighted by Crippen LogP contribution is -2.49. The van der Waals surface area contributed by atoms with Gasteiger partial charge in [0.15, 0.2) is 0 Å². The number of aromatic nitrogens is 3. The number of hydrogen-bond acceptors (Lipinski definition) is 6. The van der Waals surface area contributed by atoms with Crippen molar-refractivity contribution in [3.05, 3.63) is 46.5 Å². The second-order valence-electron chi connectivity index (χ2n) is 5.19. The van der Waals surface area contributed by atoms with Crippen LogP contribution in [0.1, 0.15) is 5.56 Å². The maximum Gasteiger partial charge on any atom is 0.410 e. The smallest absolute Gasteiger partial charge is 0.410 e. The van der Waals surface area contributed by atoms with Gasteiger partial charge >= 0.3 is 6.09 Å². The normalized spacial score (nSPS) is 14.6. The molecule has 0 spiro atoms.